The molecule has 0 saturated heterocycles. The topological polar surface area (TPSA) is 56.0 Å². The number of nitrogen functional groups attached to an aromatic ring is 1. The highest BCUT2D eigenvalue weighted by Gasteiger charge is 2.13. The highest BCUT2D eigenvalue weighted by molar-refractivity contribution is 9.10. The van der Waals surface area contributed by atoms with Crippen LogP contribution in [0, 0.1) is 0 Å². The molecule has 17 heavy (non-hydrogen) atoms. The van der Waals surface area contributed by atoms with Gasteiger partial charge in [0.05, 0.1) is 10.6 Å². The van der Waals surface area contributed by atoms with Gasteiger partial charge >= 0.3 is 0 Å². The Balaban J connectivity index is 2.43. The standard InChI is InChI=1S/C12H8BrClN2O/c13-8-3-1-7(2-4-8)11(17)10-5-9(14)6-16-12(10)15/h1-6H,(H2,15,16). The molecule has 0 aliphatic rings. The molecular weight excluding hydrogens is 304 g/mol. The van der Waals surface area contributed by atoms with Gasteiger partial charge in [0.25, 0.3) is 0 Å². The summed E-state index contributed by atoms with van der Waals surface area (Å²) in [5, 5.41) is 0.389. The van der Waals surface area contributed by atoms with Crippen LogP contribution in [-0.2, 0) is 0 Å². The van der Waals surface area contributed by atoms with E-state index in [0.29, 0.717) is 16.1 Å². The van der Waals surface area contributed by atoms with Gasteiger partial charge in [-0.3, -0.25) is 4.79 Å². The highest BCUT2D eigenvalue weighted by atomic mass is 79.9. The van der Waals surface area contributed by atoms with Crippen molar-refractivity contribution in [3.8, 4) is 0 Å². The second kappa shape index (κ2) is 4.85. The lowest BCUT2D eigenvalue weighted by Crippen LogP contribution is -2.06. The average molecular weight is 312 g/mol. The number of aromatic nitrogens is 1. The normalized spacial score (nSPS) is 10.2. The smallest absolute Gasteiger partial charge is 0.196 e. The minimum atomic E-state index is -0.190. The lowest BCUT2D eigenvalue weighted by Gasteiger charge is -2.04. The number of rotatable bonds is 2. The molecule has 1 heterocycles. The minimum Gasteiger partial charge on any atom is -0.383 e. The number of carbonyl (C=O) groups is 1. The van der Waals surface area contributed by atoms with Crippen LogP contribution in [0.1, 0.15) is 15.9 Å². The molecule has 0 bridgehead atoms. The predicted octanol–water partition coefficient (Wildman–Crippen LogP) is 3.31. The van der Waals surface area contributed by atoms with Crippen LogP contribution in [0.25, 0.3) is 0 Å². The van der Waals surface area contributed by atoms with Gasteiger partial charge in [-0.15, -0.1) is 0 Å². The summed E-state index contributed by atoms with van der Waals surface area (Å²) < 4.78 is 0.909. The SMILES string of the molecule is Nc1ncc(Cl)cc1C(=O)c1ccc(Br)cc1. The minimum absolute atomic E-state index is 0.183. The number of benzene rings is 1. The van der Waals surface area contributed by atoms with Crippen LogP contribution in [0.15, 0.2) is 41.0 Å². The Morgan fingerprint density at radius 1 is 1.29 bits per heavy atom. The van der Waals surface area contributed by atoms with Gasteiger partial charge in [-0.1, -0.05) is 27.5 Å². The van der Waals surface area contributed by atoms with Crippen molar-refractivity contribution in [2.45, 2.75) is 0 Å². The Bertz CT molecular complexity index is 569. The Morgan fingerprint density at radius 2 is 1.94 bits per heavy atom. The first-order chi connectivity index (χ1) is 8.08. The van der Waals surface area contributed by atoms with E-state index in [1.165, 1.54) is 12.3 Å². The van der Waals surface area contributed by atoms with E-state index in [-0.39, 0.29) is 11.6 Å². The van der Waals surface area contributed by atoms with Crippen LogP contribution in [0.5, 0.6) is 0 Å². The molecule has 1 aromatic heterocycles. The molecule has 0 unspecified atom stereocenters. The summed E-state index contributed by atoms with van der Waals surface area (Å²) in [6.45, 7) is 0. The molecule has 2 rings (SSSR count). The van der Waals surface area contributed by atoms with Crippen LogP contribution in [0.4, 0.5) is 5.82 Å². The molecule has 86 valence electrons. The monoisotopic (exact) mass is 310 g/mol. The van der Waals surface area contributed by atoms with Gasteiger partial charge in [0.1, 0.15) is 5.82 Å². The number of anilines is 1. The molecular formula is C12H8BrClN2O. The molecule has 0 spiro atoms. The van der Waals surface area contributed by atoms with E-state index in [4.69, 9.17) is 17.3 Å². The lowest BCUT2D eigenvalue weighted by molar-refractivity contribution is 0.103. The average Bonchev–Trinajstić information content (AvgIpc) is 2.32. The van der Waals surface area contributed by atoms with Gasteiger partial charge in [-0.25, -0.2) is 4.98 Å². The molecule has 0 aliphatic heterocycles. The van der Waals surface area contributed by atoms with Crippen molar-refractivity contribution in [2.75, 3.05) is 5.73 Å². The first-order valence-corrected chi connectivity index (χ1v) is 5.96. The lowest BCUT2D eigenvalue weighted by atomic mass is 10.0. The number of hydrogen-bond acceptors (Lipinski definition) is 3. The fraction of sp³-hybridized carbons (Fsp3) is 0. The van der Waals surface area contributed by atoms with Crippen molar-refractivity contribution < 1.29 is 4.79 Å². The summed E-state index contributed by atoms with van der Waals surface area (Å²) in [6.07, 6.45) is 1.41. The van der Waals surface area contributed by atoms with E-state index in [2.05, 4.69) is 20.9 Å². The number of carbonyl (C=O) groups excluding carboxylic acids is 1. The second-order valence-electron chi connectivity index (χ2n) is 3.42. The van der Waals surface area contributed by atoms with Crippen LogP contribution < -0.4 is 5.73 Å². The Hall–Kier alpha value is -1.39. The number of ketones is 1. The van der Waals surface area contributed by atoms with Gasteiger partial charge in [0.15, 0.2) is 5.78 Å². The number of pyridine rings is 1. The second-order valence-corrected chi connectivity index (χ2v) is 4.77. The van der Waals surface area contributed by atoms with Crippen molar-refractivity contribution in [3.63, 3.8) is 0 Å². The van der Waals surface area contributed by atoms with Gasteiger partial charge < -0.3 is 5.73 Å². The molecule has 1 aromatic carbocycles. The predicted molar refractivity (Wildman–Crippen MR) is 71.2 cm³/mol. The van der Waals surface area contributed by atoms with Crippen LogP contribution in [-0.4, -0.2) is 10.8 Å². The van der Waals surface area contributed by atoms with Crippen LogP contribution in [0.2, 0.25) is 5.02 Å². The third-order valence-corrected chi connectivity index (χ3v) is 2.97. The number of halogens is 2. The number of hydrogen-bond donors (Lipinski definition) is 1. The maximum atomic E-state index is 12.1. The Labute approximate surface area is 112 Å². The molecule has 0 amide bonds. The molecule has 0 atom stereocenters. The zero-order valence-corrected chi connectivity index (χ0v) is 11.0. The third-order valence-electron chi connectivity index (χ3n) is 2.24. The summed E-state index contributed by atoms with van der Waals surface area (Å²) in [4.78, 5) is 16.0. The van der Waals surface area contributed by atoms with Crippen LogP contribution in [0.3, 0.4) is 0 Å². The number of nitrogens with zero attached hydrogens (tertiary/aromatic N) is 1. The quantitative estimate of drug-likeness (QED) is 0.866. The first kappa shape index (κ1) is 12.1. The fourth-order valence-corrected chi connectivity index (χ4v) is 1.81. The zero-order chi connectivity index (χ0) is 12.4. The van der Waals surface area contributed by atoms with Crippen molar-refractivity contribution >= 4 is 39.1 Å². The molecule has 0 aliphatic carbocycles. The molecule has 2 aromatic rings. The van der Waals surface area contributed by atoms with E-state index in [1.807, 2.05) is 0 Å². The summed E-state index contributed by atoms with van der Waals surface area (Å²) >= 11 is 9.10. The van der Waals surface area contributed by atoms with E-state index >= 15 is 0 Å². The van der Waals surface area contributed by atoms with Gasteiger partial charge in [0, 0.05) is 16.2 Å². The van der Waals surface area contributed by atoms with E-state index in [1.54, 1.807) is 24.3 Å². The maximum absolute atomic E-state index is 12.1. The highest BCUT2D eigenvalue weighted by Crippen LogP contribution is 2.20. The third kappa shape index (κ3) is 2.65. The van der Waals surface area contributed by atoms with Gasteiger partial charge in [0.2, 0.25) is 0 Å². The van der Waals surface area contributed by atoms with Gasteiger partial charge in [-0.2, -0.15) is 0 Å². The largest absolute Gasteiger partial charge is 0.383 e. The van der Waals surface area contributed by atoms with E-state index in [9.17, 15) is 4.79 Å². The first-order valence-electron chi connectivity index (χ1n) is 4.79. The summed E-state index contributed by atoms with van der Waals surface area (Å²) in [6, 6.07) is 8.54. The van der Waals surface area contributed by atoms with Crippen molar-refractivity contribution in [3.05, 3.63) is 57.2 Å². The zero-order valence-electron chi connectivity index (χ0n) is 8.65. The fourth-order valence-electron chi connectivity index (χ4n) is 1.39. The summed E-state index contributed by atoms with van der Waals surface area (Å²) in [5.74, 6) is -0.00711. The molecule has 3 nitrogen and oxygen atoms in total. The number of nitrogens with two attached hydrogens (primary N) is 1. The van der Waals surface area contributed by atoms with Gasteiger partial charge in [-0.05, 0) is 30.3 Å². The molecule has 0 saturated carbocycles. The molecule has 0 radical (unpaired) electrons. The van der Waals surface area contributed by atoms with E-state index < -0.39 is 0 Å². The van der Waals surface area contributed by atoms with Crippen molar-refractivity contribution in [1.82, 2.24) is 4.98 Å². The summed E-state index contributed by atoms with van der Waals surface area (Å²) in [5.41, 5.74) is 6.52. The van der Waals surface area contributed by atoms with Crippen molar-refractivity contribution in [2.24, 2.45) is 0 Å². The van der Waals surface area contributed by atoms with E-state index in [0.717, 1.165) is 4.47 Å². The molecule has 2 N–H and O–H groups in total. The van der Waals surface area contributed by atoms with Crippen molar-refractivity contribution in [1.29, 1.82) is 0 Å². The molecule has 5 heteroatoms. The Morgan fingerprint density at radius 3 is 2.59 bits per heavy atom. The molecule has 0 fully saturated rings. The Kier molecular flexibility index (Phi) is 3.45. The van der Waals surface area contributed by atoms with Crippen LogP contribution >= 0.6 is 27.5 Å². The summed E-state index contributed by atoms with van der Waals surface area (Å²) in [7, 11) is 0. The maximum Gasteiger partial charge on any atom is 0.196 e.